The number of amides is 1. The fraction of sp³-hybridized carbons (Fsp3) is 0.600. The fourth-order valence-electron chi connectivity index (χ4n) is 2.38. The second-order valence-electron chi connectivity index (χ2n) is 6.40. The molecule has 1 aliphatic rings. The zero-order chi connectivity index (χ0) is 15.7. The molecule has 0 spiro atoms. The van der Waals surface area contributed by atoms with Crippen LogP contribution in [0.5, 0.6) is 0 Å². The van der Waals surface area contributed by atoms with Gasteiger partial charge in [0.1, 0.15) is 11.2 Å². The van der Waals surface area contributed by atoms with Gasteiger partial charge in [-0.05, 0) is 61.7 Å². The molecule has 0 radical (unpaired) electrons. The second-order valence-corrected chi connectivity index (χ2v) is 7.31. The van der Waals surface area contributed by atoms with Crippen LogP contribution in [0.15, 0.2) is 22.8 Å². The van der Waals surface area contributed by atoms with E-state index >= 15 is 0 Å². The zero-order valence-corrected chi connectivity index (χ0v) is 14.2. The highest BCUT2D eigenvalue weighted by Gasteiger charge is 2.39. The Hall–Kier alpha value is -1.14. The van der Waals surface area contributed by atoms with Gasteiger partial charge in [0.25, 0.3) is 0 Å². The smallest absolute Gasteiger partial charge is 0.410 e. The summed E-state index contributed by atoms with van der Waals surface area (Å²) in [4.78, 5) is 18.0. The van der Waals surface area contributed by atoms with Crippen LogP contribution in [0, 0.1) is 0 Å². The zero-order valence-electron chi connectivity index (χ0n) is 12.6. The van der Waals surface area contributed by atoms with E-state index in [2.05, 4.69) is 20.9 Å². The first-order valence-corrected chi connectivity index (χ1v) is 7.81. The summed E-state index contributed by atoms with van der Waals surface area (Å²) in [7, 11) is 0. The lowest BCUT2D eigenvalue weighted by Crippen LogP contribution is -2.50. The van der Waals surface area contributed by atoms with Gasteiger partial charge in [0, 0.05) is 17.2 Å². The van der Waals surface area contributed by atoms with Crippen LogP contribution in [0.25, 0.3) is 0 Å². The van der Waals surface area contributed by atoms with Crippen molar-refractivity contribution in [2.75, 3.05) is 13.1 Å². The Balaban J connectivity index is 2.12. The molecule has 0 bridgehead atoms. The average Bonchev–Trinajstić information content (AvgIpc) is 2.37. The first-order chi connectivity index (χ1) is 9.70. The summed E-state index contributed by atoms with van der Waals surface area (Å²) in [5, 5.41) is 10.8. The van der Waals surface area contributed by atoms with E-state index in [4.69, 9.17) is 4.74 Å². The predicted molar refractivity (Wildman–Crippen MR) is 82.9 cm³/mol. The minimum atomic E-state index is -1.12. The standard InChI is InChI=1S/C15H21BrN2O3/c1-14(2,3)21-13(19)18-8-4-7-15(20,10-18)12-6-5-11(16)9-17-12/h5-6,9,20H,4,7-8,10H2,1-3H3. The van der Waals surface area contributed by atoms with Gasteiger partial charge in [-0.25, -0.2) is 4.79 Å². The Morgan fingerprint density at radius 3 is 2.76 bits per heavy atom. The molecule has 0 saturated carbocycles. The maximum absolute atomic E-state index is 12.2. The Morgan fingerprint density at radius 1 is 1.48 bits per heavy atom. The number of ether oxygens (including phenoxy) is 1. The minimum absolute atomic E-state index is 0.205. The molecule has 1 aliphatic heterocycles. The third kappa shape index (κ3) is 4.17. The van der Waals surface area contributed by atoms with Crippen LogP contribution in [-0.4, -0.2) is 39.8 Å². The molecule has 116 valence electrons. The molecular formula is C15H21BrN2O3. The molecule has 1 saturated heterocycles. The third-order valence-electron chi connectivity index (χ3n) is 3.33. The number of pyridine rings is 1. The Labute approximate surface area is 133 Å². The molecule has 5 nitrogen and oxygen atoms in total. The lowest BCUT2D eigenvalue weighted by atomic mass is 9.89. The van der Waals surface area contributed by atoms with Crippen molar-refractivity contribution in [3.63, 3.8) is 0 Å². The Morgan fingerprint density at radius 2 is 2.19 bits per heavy atom. The van der Waals surface area contributed by atoms with Gasteiger partial charge in [0.2, 0.25) is 0 Å². The van der Waals surface area contributed by atoms with Crippen molar-refractivity contribution in [2.24, 2.45) is 0 Å². The predicted octanol–water partition coefficient (Wildman–Crippen LogP) is 3.06. The molecule has 1 atom stereocenters. The number of rotatable bonds is 1. The number of β-amino-alcohol motifs (C(OH)–C–C–N with tert-alkyl or cyclic N) is 1. The molecule has 2 heterocycles. The highest BCUT2D eigenvalue weighted by Crippen LogP contribution is 2.31. The van der Waals surface area contributed by atoms with Gasteiger partial charge >= 0.3 is 6.09 Å². The lowest BCUT2D eigenvalue weighted by Gasteiger charge is -2.39. The van der Waals surface area contributed by atoms with Crippen LogP contribution in [-0.2, 0) is 10.3 Å². The van der Waals surface area contributed by atoms with E-state index in [1.165, 1.54) is 0 Å². The lowest BCUT2D eigenvalue weighted by molar-refractivity contribution is -0.0489. The summed E-state index contributed by atoms with van der Waals surface area (Å²) in [6, 6.07) is 3.62. The van der Waals surface area contributed by atoms with Crippen LogP contribution in [0.4, 0.5) is 4.79 Å². The average molecular weight is 357 g/mol. The number of hydrogen-bond acceptors (Lipinski definition) is 4. The highest BCUT2D eigenvalue weighted by atomic mass is 79.9. The van der Waals surface area contributed by atoms with Crippen LogP contribution in [0.1, 0.15) is 39.3 Å². The Kier molecular flexibility index (Phi) is 4.58. The topological polar surface area (TPSA) is 62.7 Å². The van der Waals surface area contributed by atoms with E-state index < -0.39 is 17.3 Å². The first kappa shape index (κ1) is 16.2. The van der Waals surface area contributed by atoms with Gasteiger partial charge in [0.15, 0.2) is 0 Å². The van der Waals surface area contributed by atoms with Crippen LogP contribution in [0.3, 0.4) is 0 Å². The molecule has 21 heavy (non-hydrogen) atoms. The quantitative estimate of drug-likeness (QED) is 0.839. The van der Waals surface area contributed by atoms with Crippen molar-refractivity contribution in [2.45, 2.75) is 44.8 Å². The van der Waals surface area contributed by atoms with Crippen molar-refractivity contribution in [3.05, 3.63) is 28.5 Å². The molecule has 0 aliphatic carbocycles. The van der Waals surface area contributed by atoms with Crippen molar-refractivity contribution in [1.29, 1.82) is 0 Å². The van der Waals surface area contributed by atoms with Crippen molar-refractivity contribution >= 4 is 22.0 Å². The third-order valence-corrected chi connectivity index (χ3v) is 3.80. The number of aliphatic hydroxyl groups is 1. The maximum atomic E-state index is 12.2. The monoisotopic (exact) mass is 356 g/mol. The van der Waals surface area contributed by atoms with Gasteiger partial charge in [-0.15, -0.1) is 0 Å². The molecule has 6 heteroatoms. The van der Waals surface area contributed by atoms with E-state index in [9.17, 15) is 9.90 Å². The van der Waals surface area contributed by atoms with E-state index in [1.807, 2.05) is 26.8 Å². The van der Waals surface area contributed by atoms with Gasteiger partial charge in [0.05, 0.1) is 12.2 Å². The van der Waals surface area contributed by atoms with Crippen LogP contribution in [0.2, 0.25) is 0 Å². The number of carbonyl (C=O) groups is 1. The number of piperidine rings is 1. The minimum Gasteiger partial charge on any atom is -0.444 e. The van der Waals surface area contributed by atoms with E-state index in [0.29, 0.717) is 25.1 Å². The maximum Gasteiger partial charge on any atom is 0.410 e. The van der Waals surface area contributed by atoms with Crippen molar-refractivity contribution < 1.29 is 14.6 Å². The number of aromatic nitrogens is 1. The van der Waals surface area contributed by atoms with Gasteiger partial charge in [-0.2, -0.15) is 0 Å². The fourth-order valence-corrected chi connectivity index (χ4v) is 2.61. The first-order valence-electron chi connectivity index (χ1n) is 7.02. The molecule has 0 aromatic carbocycles. The van der Waals surface area contributed by atoms with E-state index in [-0.39, 0.29) is 6.54 Å². The summed E-state index contributed by atoms with van der Waals surface area (Å²) in [6.07, 6.45) is 2.56. The molecule has 1 unspecified atom stereocenters. The largest absolute Gasteiger partial charge is 0.444 e. The SMILES string of the molecule is CC(C)(C)OC(=O)N1CCCC(O)(c2ccc(Br)cn2)C1. The normalized spacial score (nSPS) is 23.0. The number of carbonyl (C=O) groups excluding carboxylic acids is 1. The molecular weight excluding hydrogens is 336 g/mol. The number of nitrogens with zero attached hydrogens (tertiary/aromatic N) is 2. The number of halogens is 1. The van der Waals surface area contributed by atoms with E-state index in [1.54, 1.807) is 17.2 Å². The molecule has 2 rings (SSSR count). The molecule has 1 aromatic heterocycles. The van der Waals surface area contributed by atoms with Gasteiger partial charge in [-0.1, -0.05) is 0 Å². The highest BCUT2D eigenvalue weighted by molar-refractivity contribution is 9.10. The van der Waals surface area contributed by atoms with Crippen LogP contribution >= 0.6 is 15.9 Å². The summed E-state index contributed by atoms with van der Waals surface area (Å²) in [6.45, 7) is 6.29. The summed E-state index contributed by atoms with van der Waals surface area (Å²) in [5.41, 5.74) is -1.07. The van der Waals surface area contributed by atoms with Crippen molar-refractivity contribution in [1.82, 2.24) is 9.88 Å². The molecule has 1 N–H and O–H groups in total. The van der Waals surface area contributed by atoms with Crippen molar-refractivity contribution in [3.8, 4) is 0 Å². The number of likely N-dealkylation sites (tertiary alicyclic amines) is 1. The summed E-state index contributed by atoms with van der Waals surface area (Å²) in [5.74, 6) is 0. The number of hydrogen-bond donors (Lipinski definition) is 1. The Bertz CT molecular complexity index is 513. The molecule has 1 amide bonds. The van der Waals surface area contributed by atoms with Gasteiger partial charge in [-0.3, -0.25) is 4.98 Å². The second kappa shape index (κ2) is 5.93. The van der Waals surface area contributed by atoms with Crippen LogP contribution < -0.4 is 0 Å². The van der Waals surface area contributed by atoms with Gasteiger partial charge < -0.3 is 14.7 Å². The van der Waals surface area contributed by atoms with E-state index in [0.717, 1.165) is 4.47 Å². The summed E-state index contributed by atoms with van der Waals surface area (Å²) >= 11 is 3.33. The molecule has 1 aromatic rings. The molecule has 1 fully saturated rings. The summed E-state index contributed by atoms with van der Waals surface area (Å²) < 4.78 is 6.23.